The molecule has 0 radical (unpaired) electrons. The molecule has 0 aromatic carbocycles. The van der Waals surface area contributed by atoms with Crippen LogP contribution >= 0.6 is 36.2 Å². The molecule has 0 unspecified atom stereocenters. The molecule has 0 spiro atoms. The van der Waals surface area contributed by atoms with Crippen LogP contribution in [0.25, 0.3) is 0 Å². The average Bonchev–Trinajstić information content (AvgIpc) is 1.79. The maximum atomic E-state index is 5.05. The second-order valence-corrected chi connectivity index (χ2v) is 4.78. The van der Waals surface area contributed by atoms with Crippen molar-refractivity contribution < 1.29 is 0 Å². The molecular formula is C5H7NS3. The third-order valence-corrected chi connectivity index (χ3v) is 3.21. The van der Waals surface area contributed by atoms with Crippen LogP contribution in [0.4, 0.5) is 0 Å². The fourth-order valence-corrected chi connectivity index (χ4v) is 2.29. The van der Waals surface area contributed by atoms with Crippen molar-refractivity contribution in [3.63, 3.8) is 0 Å². The van der Waals surface area contributed by atoms with Crippen molar-refractivity contribution in [1.82, 2.24) is 5.32 Å². The molecule has 0 saturated carbocycles. The summed E-state index contributed by atoms with van der Waals surface area (Å²) in [7, 11) is 0. The van der Waals surface area contributed by atoms with Gasteiger partial charge in [0, 0.05) is 0 Å². The summed E-state index contributed by atoms with van der Waals surface area (Å²) in [6, 6.07) is 0. The number of nitrogens with one attached hydrogen (secondary N) is 1. The monoisotopic (exact) mass is 177 g/mol. The van der Waals surface area contributed by atoms with Crippen molar-refractivity contribution in [2.75, 3.05) is 0 Å². The first-order valence-corrected chi connectivity index (χ1v) is 4.20. The van der Waals surface area contributed by atoms with E-state index in [1.54, 1.807) is 0 Å². The van der Waals surface area contributed by atoms with Crippen molar-refractivity contribution in [1.29, 1.82) is 0 Å². The lowest BCUT2D eigenvalue weighted by atomic mass is 10.1. The highest BCUT2D eigenvalue weighted by molar-refractivity contribution is 8.38. The van der Waals surface area contributed by atoms with Crippen molar-refractivity contribution in [3.8, 4) is 0 Å². The Morgan fingerprint density at radius 3 is 2.11 bits per heavy atom. The lowest BCUT2D eigenvalue weighted by Crippen LogP contribution is -2.38. The van der Waals surface area contributed by atoms with Crippen molar-refractivity contribution in [3.05, 3.63) is 0 Å². The SMILES string of the molecule is CC1(C)NC(=S)SC1=S. The van der Waals surface area contributed by atoms with Gasteiger partial charge in [-0.3, -0.25) is 0 Å². The van der Waals surface area contributed by atoms with Crippen molar-refractivity contribution in [2.24, 2.45) is 0 Å². The van der Waals surface area contributed by atoms with Gasteiger partial charge >= 0.3 is 0 Å². The zero-order chi connectivity index (χ0) is 7.07. The van der Waals surface area contributed by atoms with E-state index >= 15 is 0 Å². The van der Waals surface area contributed by atoms with Gasteiger partial charge in [-0.05, 0) is 13.8 Å². The summed E-state index contributed by atoms with van der Waals surface area (Å²) >= 11 is 11.4. The van der Waals surface area contributed by atoms with E-state index in [0.717, 1.165) is 8.52 Å². The molecule has 9 heavy (non-hydrogen) atoms. The third kappa shape index (κ3) is 1.42. The molecule has 0 aromatic heterocycles. The van der Waals surface area contributed by atoms with Gasteiger partial charge < -0.3 is 5.32 Å². The van der Waals surface area contributed by atoms with Gasteiger partial charge in [0.15, 0.2) is 0 Å². The summed E-state index contributed by atoms with van der Waals surface area (Å²) in [5.74, 6) is 0. The van der Waals surface area contributed by atoms with Crippen LogP contribution in [0.5, 0.6) is 0 Å². The van der Waals surface area contributed by atoms with Crippen molar-refractivity contribution in [2.45, 2.75) is 19.4 Å². The van der Waals surface area contributed by atoms with Crippen LogP contribution in [0.2, 0.25) is 0 Å². The summed E-state index contributed by atoms with van der Waals surface area (Å²) in [6.45, 7) is 4.06. The minimum absolute atomic E-state index is 0.0723. The van der Waals surface area contributed by atoms with Gasteiger partial charge in [0.25, 0.3) is 0 Å². The molecule has 0 aromatic rings. The van der Waals surface area contributed by atoms with E-state index in [1.807, 2.05) is 13.8 Å². The van der Waals surface area contributed by atoms with E-state index in [9.17, 15) is 0 Å². The molecule has 0 amide bonds. The first-order chi connectivity index (χ1) is 4.02. The molecule has 1 nitrogen and oxygen atoms in total. The summed E-state index contributed by atoms with van der Waals surface area (Å²) in [6.07, 6.45) is 0. The van der Waals surface area contributed by atoms with Crippen LogP contribution in [0.3, 0.4) is 0 Å². The van der Waals surface area contributed by atoms with E-state index in [-0.39, 0.29) is 5.54 Å². The average molecular weight is 177 g/mol. The van der Waals surface area contributed by atoms with Gasteiger partial charge in [0.1, 0.15) is 4.32 Å². The Morgan fingerprint density at radius 2 is 2.00 bits per heavy atom. The molecule has 1 aliphatic heterocycles. The first kappa shape index (κ1) is 7.44. The van der Waals surface area contributed by atoms with Crippen LogP contribution in [-0.4, -0.2) is 14.1 Å². The zero-order valence-electron chi connectivity index (χ0n) is 5.22. The molecule has 50 valence electrons. The maximum absolute atomic E-state index is 5.05. The lowest BCUT2D eigenvalue weighted by molar-refractivity contribution is 0.648. The van der Waals surface area contributed by atoms with Gasteiger partial charge in [-0.15, -0.1) is 0 Å². The topological polar surface area (TPSA) is 12.0 Å². The molecule has 0 aliphatic carbocycles. The lowest BCUT2D eigenvalue weighted by Gasteiger charge is -2.15. The molecule has 4 heteroatoms. The fraction of sp³-hybridized carbons (Fsp3) is 0.600. The Morgan fingerprint density at radius 1 is 1.44 bits per heavy atom. The molecule has 1 aliphatic rings. The Kier molecular flexibility index (Phi) is 1.80. The van der Waals surface area contributed by atoms with E-state index in [2.05, 4.69) is 5.32 Å². The molecule has 0 atom stereocenters. The molecular weight excluding hydrogens is 170 g/mol. The highest BCUT2D eigenvalue weighted by atomic mass is 32.2. The summed E-state index contributed by atoms with van der Waals surface area (Å²) < 4.78 is 1.73. The normalized spacial score (nSPS) is 24.2. The number of rotatable bonds is 0. The van der Waals surface area contributed by atoms with Gasteiger partial charge in [-0.25, -0.2) is 0 Å². The molecule has 1 saturated heterocycles. The quantitative estimate of drug-likeness (QED) is 0.565. The van der Waals surface area contributed by atoms with Gasteiger partial charge in [0.2, 0.25) is 0 Å². The molecule has 0 bridgehead atoms. The minimum Gasteiger partial charge on any atom is -0.360 e. The Bertz CT molecular complexity index is 173. The van der Waals surface area contributed by atoms with Crippen LogP contribution in [0, 0.1) is 0 Å². The molecule has 1 N–H and O–H groups in total. The fourth-order valence-electron chi connectivity index (χ4n) is 0.543. The van der Waals surface area contributed by atoms with E-state index in [0.29, 0.717) is 0 Å². The standard InChI is InChI=1S/C5H7NS3/c1-5(2)3(7)9-4(8)6-5/h1-2H3,(H,6,8). The highest BCUT2D eigenvalue weighted by Crippen LogP contribution is 2.25. The van der Waals surface area contributed by atoms with Crippen molar-refractivity contribution >= 4 is 44.7 Å². The smallest absolute Gasteiger partial charge is 0.139 e. The van der Waals surface area contributed by atoms with Gasteiger partial charge in [-0.1, -0.05) is 36.2 Å². The largest absolute Gasteiger partial charge is 0.360 e. The second-order valence-electron chi connectivity index (χ2n) is 2.43. The summed E-state index contributed by atoms with van der Waals surface area (Å²) in [4.78, 5) is 0. The molecule has 1 fully saturated rings. The summed E-state index contributed by atoms with van der Waals surface area (Å²) in [5, 5.41) is 3.10. The third-order valence-electron chi connectivity index (χ3n) is 1.11. The number of hydrogen-bond acceptors (Lipinski definition) is 3. The minimum atomic E-state index is -0.0723. The predicted octanol–water partition coefficient (Wildman–Crippen LogP) is 1.71. The van der Waals surface area contributed by atoms with E-state index in [1.165, 1.54) is 11.8 Å². The Balaban J connectivity index is 2.81. The molecule has 1 heterocycles. The molecule has 1 rings (SSSR count). The van der Waals surface area contributed by atoms with Gasteiger partial charge in [-0.2, -0.15) is 0 Å². The van der Waals surface area contributed by atoms with Gasteiger partial charge in [0.05, 0.1) is 9.74 Å². The Labute approximate surface area is 69.6 Å². The first-order valence-electron chi connectivity index (χ1n) is 2.57. The number of thiocarbonyl (C=S) groups is 2. The van der Waals surface area contributed by atoms with Crippen LogP contribution in [0.1, 0.15) is 13.8 Å². The highest BCUT2D eigenvalue weighted by Gasteiger charge is 2.32. The Hall–Kier alpha value is 0.330. The maximum Gasteiger partial charge on any atom is 0.139 e. The predicted molar refractivity (Wildman–Crippen MR) is 50.0 cm³/mol. The van der Waals surface area contributed by atoms with Crippen LogP contribution in [0.15, 0.2) is 0 Å². The summed E-state index contributed by atoms with van der Waals surface area (Å²) in [5.41, 5.74) is -0.0723. The van der Waals surface area contributed by atoms with E-state index < -0.39 is 0 Å². The van der Waals surface area contributed by atoms with E-state index in [4.69, 9.17) is 24.4 Å². The van der Waals surface area contributed by atoms with Crippen LogP contribution < -0.4 is 5.32 Å². The van der Waals surface area contributed by atoms with Crippen LogP contribution in [-0.2, 0) is 0 Å². The number of hydrogen-bond donors (Lipinski definition) is 1. The zero-order valence-corrected chi connectivity index (χ0v) is 7.67. The number of thioether (sulfide) groups is 1. The second kappa shape index (κ2) is 2.18.